The highest BCUT2D eigenvalue weighted by Gasteiger charge is 2.30. The lowest BCUT2D eigenvalue weighted by molar-refractivity contribution is -0.142. The molecule has 0 fully saturated rings. The number of hydrogen-bond acceptors (Lipinski definition) is 4. The van der Waals surface area contributed by atoms with Gasteiger partial charge in [0.2, 0.25) is 5.91 Å². The van der Waals surface area contributed by atoms with Gasteiger partial charge in [0.05, 0.1) is 18.7 Å². The molecule has 9 heteroatoms. The first kappa shape index (κ1) is 19.8. The minimum absolute atomic E-state index is 0.0787. The van der Waals surface area contributed by atoms with E-state index < -0.39 is 23.8 Å². The quantitative estimate of drug-likeness (QED) is 0.698. The highest BCUT2D eigenvalue weighted by molar-refractivity contribution is 5.79. The Balaban J connectivity index is 2.31. The van der Waals surface area contributed by atoms with Crippen molar-refractivity contribution in [2.75, 3.05) is 26.7 Å². The number of ether oxygens (including phenoxy) is 1. The second-order valence-electron chi connectivity index (χ2n) is 5.15. The summed E-state index contributed by atoms with van der Waals surface area (Å²) in [5.74, 6) is -1.15. The van der Waals surface area contributed by atoms with Crippen molar-refractivity contribution < 1.29 is 32.6 Å². The molecule has 1 rings (SSSR count). The number of nitrogens with zero attached hydrogens (tertiary/aromatic N) is 1. The normalized spacial score (nSPS) is 12.8. The molecule has 0 saturated carbocycles. The summed E-state index contributed by atoms with van der Waals surface area (Å²) in [6.07, 6.45) is -4.40. The van der Waals surface area contributed by atoms with Gasteiger partial charge in [-0.25, -0.2) is 0 Å². The van der Waals surface area contributed by atoms with Crippen LogP contribution in [0.25, 0.3) is 0 Å². The van der Waals surface area contributed by atoms with Crippen LogP contribution in [0.5, 0.6) is 5.75 Å². The summed E-state index contributed by atoms with van der Waals surface area (Å²) in [6, 6.07) is 3.44. The van der Waals surface area contributed by atoms with Crippen LogP contribution < -0.4 is 10.1 Å². The zero-order valence-corrected chi connectivity index (χ0v) is 13.3. The fourth-order valence-corrected chi connectivity index (χ4v) is 1.71. The van der Waals surface area contributed by atoms with E-state index in [1.54, 1.807) is 0 Å². The third-order valence-corrected chi connectivity index (χ3v) is 3.29. The average molecular weight is 348 g/mol. The molecule has 0 aromatic heterocycles. The Bertz CT molecular complexity index is 561. The number of carbonyl (C=O) groups excluding carboxylic acids is 1. The first-order valence-electron chi connectivity index (χ1n) is 7.11. The number of nitrogens with one attached hydrogen (secondary N) is 1. The van der Waals surface area contributed by atoms with Gasteiger partial charge in [0.1, 0.15) is 18.4 Å². The molecule has 1 amide bonds. The van der Waals surface area contributed by atoms with Gasteiger partial charge in [-0.3, -0.25) is 14.5 Å². The van der Waals surface area contributed by atoms with Crippen LogP contribution in [-0.2, 0) is 15.8 Å². The lowest BCUT2D eigenvalue weighted by Gasteiger charge is -2.20. The SMILES string of the molecule is CC(C(=O)O)N(C)CC(=O)NCCOc1ccc(C(F)(F)F)cc1. The number of carbonyl (C=O) groups is 2. The van der Waals surface area contributed by atoms with Crippen LogP contribution in [0, 0.1) is 0 Å². The second-order valence-corrected chi connectivity index (χ2v) is 5.15. The monoisotopic (exact) mass is 348 g/mol. The molecule has 0 aliphatic carbocycles. The number of halogens is 3. The van der Waals surface area contributed by atoms with E-state index in [0.29, 0.717) is 0 Å². The van der Waals surface area contributed by atoms with E-state index in [1.807, 2.05) is 0 Å². The van der Waals surface area contributed by atoms with Gasteiger partial charge in [-0.05, 0) is 38.2 Å². The van der Waals surface area contributed by atoms with Gasteiger partial charge in [0, 0.05) is 0 Å². The van der Waals surface area contributed by atoms with E-state index in [1.165, 1.54) is 31.0 Å². The van der Waals surface area contributed by atoms with Crippen molar-refractivity contribution in [3.8, 4) is 5.75 Å². The number of rotatable bonds is 8. The largest absolute Gasteiger partial charge is 0.492 e. The minimum atomic E-state index is -4.40. The number of likely N-dealkylation sites (N-methyl/N-ethyl adjacent to an activating group) is 1. The van der Waals surface area contributed by atoms with Crippen molar-refractivity contribution >= 4 is 11.9 Å². The van der Waals surface area contributed by atoms with Gasteiger partial charge in [-0.2, -0.15) is 13.2 Å². The van der Waals surface area contributed by atoms with E-state index in [9.17, 15) is 22.8 Å². The lowest BCUT2D eigenvalue weighted by atomic mass is 10.2. The summed E-state index contributed by atoms with van der Waals surface area (Å²) >= 11 is 0. The van der Waals surface area contributed by atoms with Crippen LogP contribution in [-0.4, -0.2) is 54.7 Å². The van der Waals surface area contributed by atoms with E-state index in [0.717, 1.165) is 12.1 Å². The van der Waals surface area contributed by atoms with Gasteiger partial charge >= 0.3 is 12.1 Å². The number of carboxylic acids is 1. The third-order valence-electron chi connectivity index (χ3n) is 3.29. The first-order chi connectivity index (χ1) is 11.1. The Kier molecular flexibility index (Phi) is 7.02. The van der Waals surface area contributed by atoms with Gasteiger partial charge in [-0.15, -0.1) is 0 Å². The molecule has 2 N–H and O–H groups in total. The molecular formula is C15H19F3N2O4. The van der Waals surface area contributed by atoms with Crippen molar-refractivity contribution in [2.24, 2.45) is 0 Å². The molecule has 24 heavy (non-hydrogen) atoms. The summed E-state index contributed by atoms with van der Waals surface area (Å²) in [6.45, 7) is 1.60. The molecule has 1 aromatic carbocycles. The Morgan fingerprint density at radius 3 is 2.38 bits per heavy atom. The van der Waals surface area contributed by atoms with Gasteiger partial charge < -0.3 is 15.2 Å². The zero-order valence-electron chi connectivity index (χ0n) is 13.3. The molecule has 1 unspecified atom stereocenters. The predicted octanol–water partition coefficient (Wildman–Crippen LogP) is 1.61. The first-order valence-corrected chi connectivity index (χ1v) is 7.11. The summed E-state index contributed by atoms with van der Waals surface area (Å²) in [5, 5.41) is 11.3. The number of hydrogen-bond donors (Lipinski definition) is 2. The van der Waals surface area contributed by atoms with Gasteiger partial charge in [0.25, 0.3) is 0 Å². The van der Waals surface area contributed by atoms with E-state index in [2.05, 4.69) is 5.32 Å². The molecule has 6 nitrogen and oxygen atoms in total. The standard InChI is InChI=1S/C15H19F3N2O4/c1-10(14(22)23)20(2)9-13(21)19-7-8-24-12-5-3-11(4-6-12)15(16,17)18/h3-6,10H,7-9H2,1-2H3,(H,19,21)(H,22,23). The maximum Gasteiger partial charge on any atom is 0.416 e. The minimum Gasteiger partial charge on any atom is -0.492 e. The highest BCUT2D eigenvalue weighted by Crippen LogP contribution is 2.30. The van der Waals surface area contributed by atoms with E-state index in [-0.39, 0.29) is 31.4 Å². The number of amides is 1. The van der Waals surface area contributed by atoms with Crippen LogP contribution in [0.1, 0.15) is 12.5 Å². The Morgan fingerprint density at radius 1 is 1.29 bits per heavy atom. The fraction of sp³-hybridized carbons (Fsp3) is 0.467. The smallest absolute Gasteiger partial charge is 0.416 e. The molecule has 134 valence electrons. The van der Waals surface area contributed by atoms with Crippen molar-refractivity contribution in [3.05, 3.63) is 29.8 Å². The van der Waals surface area contributed by atoms with Crippen molar-refractivity contribution in [2.45, 2.75) is 19.1 Å². The lowest BCUT2D eigenvalue weighted by Crippen LogP contribution is -2.43. The van der Waals surface area contributed by atoms with Gasteiger partial charge in [0.15, 0.2) is 0 Å². The zero-order chi connectivity index (χ0) is 18.3. The van der Waals surface area contributed by atoms with Crippen LogP contribution in [0.3, 0.4) is 0 Å². The van der Waals surface area contributed by atoms with E-state index in [4.69, 9.17) is 9.84 Å². The van der Waals surface area contributed by atoms with Crippen LogP contribution >= 0.6 is 0 Å². The van der Waals surface area contributed by atoms with Gasteiger partial charge in [-0.1, -0.05) is 0 Å². The molecule has 1 atom stereocenters. The van der Waals surface area contributed by atoms with E-state index >= 15 is 0 Å². The number of benzene rings is 1. The maximum atomic E-state index is 12.4. The predicted molar refractivity (Wildman–Crippen MR) is 79.7 cm³/mol. The number of aliphatic carboxylic acids is 1. The molecule has 0 aliphatic rings. The Labute approximate surface area is 137 Å². The summed E-state index contributed by atoms with van der Waals surface area (Å²) < 4.78 is 42.4. The maximum absolute atomic E-state index is 12.4. The van der Waals surface area contributed by atoms with Crippen molar-refractivity contribution in [1.82, 2.24) is 10.2 Å². The van der Waals surface area contributed by atoms with Crippen LogP contribution in [0.4, 0.5) is 13.2 Å². The Hall–Kier alpha value is -2.29. The molecular weight excluding hydrogens is 329 g/mol. The molecule has 0 aliphatic heterocycles. The molecule has 0 saturated heterocycles. The summed E-state index contributed by atoms with van der Waals surface area (Å²) in [5.41, 5.74) is -0.765. The fourth-order valence-electron chi connectivity index (χ4n) is 1.71. The molecule has 0 radical (unpaired) electrons. The third kappa shape index (κ3) is 6.45. The van der Waals surface area contributed by atoms with Crippen LogP contribution in [0.15, 0.2) is 24.3 Å². The molecule has 0 spiro atoms. The van der Waals surface area contributed by atoms with Crippen molar-refractivity contribution in [3.63, 3.8) is 0 Å². The molecule has 0 bridgehead atoms. The molecule has 0 heterocycles. The molecule has 1 aromatic rings. The van der Waals surface area contributed by atoms with Crippen molar-refractivity contribution in [1.29, 1.82) is 0 Å². The van der Waals surface area contributed by atoms with Crippen LogP contribution in [0.2, 0.25) is 0 Å². The Morgan fingerprint density at radius 2 is 1.88 bits per heavy atom. The number of alkyl halides is 3. The topological polar surface area (TPSA) is 78.9 Å². The second kappa shape index (κ2) is 8.53. The average Bonchev–Trinajstić information content (AvgIpc) is 2.50. The summed E-state index contributed by atoms with van der Waals surface area (Å²) in [4.78, 5) is 23.8. The summed E-state index contributed by atoms with van der Waals surface area (Å²) in [7, 11) is 1.51. The number of carboxylic acid groups (broad SMARTS) is 1. The highest BCUT2D eigenvalue weighted by atomic mass is 19.4.